The Hall–Kier alpha value is -1.71. The van der Waals surface area contributed by atoms with Gasteiger partial charge in [0.05, 0.1) is 16.7 Å². The molecule has 0 aromatic heterocycles. The lowest BCUT2D eigenvalue weighted by atomic mass is 10.2. The molecule has 3 N–H and O–H groups in total. The Morgan fingerprint density at radius 2 is 2.25 bits per heavy atom. The Balaban J connectivity index is 2.14. The van der Waals surface area contributed by atoms with Crippen molar-refractivity contribution in [2.24, 2.45) is 0 Å². The number of nitrogen functional groups attached to an aromatic ring is 1. The molecule has 0 bridgehead atoms. The summed E-state index contributed by atoms with van der Waals surface area (Å²) in [6, 6.07) is 3.27. The molecule has 0 spiro atoms. The zero-order valence-corrected chi connectivity index (χ0v) is 11.4. The minimum absolute atomic E-state index is 0.135. The summed E-state index contributed by atoms with van der Waals surface area (Å²) in [6.45, 7) is 0.796. The van der Waals surface area contributed by atoms with E-state index in [0.29, 0.717) is 6.61 Å². The number of hydrogen-bond acceptors (Lipinski definition) is 6. The van der Waals surface area contributed by atoms with Gasteiger partial charge in [0.25, 0.3) is 5.69 Å². The zero-order valence-electron chi connectivity index (χ0n) is 10.6. The molecular weight excluding hydrogens is 286 g/mol. The van der Waals surface area contributed by atoms with Gasteiger partial charge in [-0.05, 0) is 18.9 Å². The predicted molar refractivity (Wildman–Crippen MR) is 71.7 cm³/mol. The molecule has 1 heterocycles. The summed E-state index contributed by atoms with van der Waals surface area (Å²) in [5, 5.41) is 10.6. The van der Waals surface area contributed by atoms with E-state index in [-0.39, 0.29) is 28.9 Å². The number of ether oxygens (including phenoxy) is 1. The van der Waals surface area contributed by atoms with E-state index in [0.717, 1.165) is 31.0 Å². The molecule has 20 heavy (non-hydrogen) atoms. The number of rotatable bonds is 5. The highest BCUT2D eigenvalue weighted by Crippen LogP contribution is 2.23. The lowest BCUT2D eigenvalue weighted by Gasteiger charge is -2.12. The molecule has 1 aliphatic heterocycles. The van der Waals surface area contributed by atoms with Crippen molar-refractivity contribution in [3.63, 3.8) is 0 Å². The molecule has 1 unspecified atom stereocenters. The maximum absolute atomic E-state index is 12.1. The SMILES string of the molecule is Nc1cc([N+](=O)[O-])ccc1S(=O)(=O)NCC1CCCO1. The van der Waals surface area contributed by atoms with Gasteiger partial charge < -0.3 is 10.5 Å². The first-order chi connectivity index (χ1) is 9.40. The number of nitrogens with zero attached hydrogens (tertiary/aromatic N) is 1. The minimum Gasteiger partial charge on any atom is -0.397 e. The van der Waals surface area contributed by atoms with Gasteiger partial charge >= 0.3 is 0 Å². The van der Waals surface area contributed by atoms with Crippen LogP contribution < -0.4 is 10.5 Å². The summed E-state index contributed by atoms with van der Waals surface area (Å²) in [5.74, 6) is 0. The van der Waals surface area contributed by atoms with E-state index in [1.165, 1.54) is 0 Å². The van der Waals surface area contributed by atoms with Gasteiger partial charge in [0.15, 0.2) is 0 Å². The number of nitrogens with one attached hydrogen (secondary N) is 1. The van der Waals surface area contributed by atoms with Crippen molar-refractivity contribution in [2.75, 3.05) is 18.9 Å². The summed E-state index contributed by atoms with van der Waals surface area (Å²) < 4.78 is 31.9. The molecule has 9 heteroatoms. The van der Waals surface area contributed by atoms with E-state index >= 15 is 0 Å². The molecule has 0 radical (unpaired) electrons. The number of benzene rings is 1. The Labute approximate surface area is 116 Å². The predicted octanol–water partition coefficient (Wildman–Crippen LogP) is 0.634. The van der Waals surface area contributed by atoms with E-state index in [1.54, 1.807) is 0 Å². The number of hydrogen-bond donors (Lipinski definition) is 2. The Kier molecular flexibility index (Phi) is 4.21. The maximum Gasteiger partial charge on any atom is 0.271 e. The fourth-order valence-corrected chi connectivity index (χ4v) is 3.16. The fourth-order valence-electron chi connectivity index (χ4n) is 1.98. The molecule has 8 nitrogen and oxygen atoms in total. The van der Waals surface area contributed by atoms with Crippen molar-refractivity contribution in [3.8, 4) is 0 Å². The monoisotopic (exact) mass is 301 g/mol. The summed E-state index contributed by atoms with van der Waals surface area (Å²) in [6.07, 6.45) is 1.58. The van der Waals surface area contributed by atoms with Crippen LogP contribution in [0.5, 0.6) is 0 Å². The highest BCUT2D eigenvalue weighted by molar-refractivity contribution is 7.89. The molecule has 0 saturated carbocycles. The Morgan fingerprint density at radius 3 is 2.80 bits per heavy atom. The normalized spacial score (nSPS) is 19.1. The van der Waals surface area contributed by atoms with Gasteiger partial charge in [-0.15, -0.1) is 0 Å². The first-order valence-corrected chi connectivity index (χ1v) is 7.53. The number of anilines is 1. The quantitative estimate of drug-likeness (QED) is 0.467. The average Bonchev–Trinajstić information content (AvgIpc) is 2.89. The van der Waals surface area contributed by atoms with Gasteiger partial charge in [-0.3, -0.25) is 10.1 Å². The van der Waals surface area contributed by atoms with Crippen LogP contribution in [-0.2, 0) is 14.8 Å². The topological polar surface area (TPSA) is 125 Å². The van der Waals surface area contributed by atoms with Crippen LogP contribution in [-0.4, -0.2) is 32.6 Å². The number of nitro benzene ring substituents is 1. The van der Waals surface area contributed by atoms with Crippen LogP contribution in [0.25, 0.3) is 0 Å². The molecule has 1 aliphatic rings. The second-order valence-electron chi connectivity index (χ2n) is 4.47. The van der Waals surface area contributed by atoms with Crippen molar-refractivity contribution in [1.82, 2.24) is 4.72 Å². The fraction of sp³-hybridized carbons (Fsp3) is 0.455. The molecule has 1 fully saturated rings. The Morgan fingerprint density at radius 1 is 1.50 bits per heavy atom. The van der Waals surface area contributed by atoms with Crippen LogP contribution in [0.2, 0.25) is 0 Å². The van der Waals surface area contributed by atoms with E-state index in [2.05, 4.69) is 4.72 Å². The standard InChI is InChI=1S/C11H15N3O5S/c12-10-6-8(14(15)16)3-4-11(10)20(17,18)13-7-9-2-1-5-19-9/h3-4,6,9,13H,1-2,5,7,12H2. The van der Waals surface area contributed by atoms with Gasteiger partial charge in [-0.1, -0.05) is 0 Å². The van der Waals surface area contributed by atoms with E-state index in [4.69, 9.17) is 10.5 Å². The van der Waals surface area contributed by atoms with Gasteiger partial charge in [0.1, 0.15) is 4.90 Å². The Bertz CT molecular complexity index is 610. The van der Waals surface area contributed by atoms with Gasteiger partial charge in [0, 0.05) is 25.3 Å². The first-order valence-electron chi connectivity index (χ1n) is 6.05. The highest BCUT2D eigenvalue weighted by Gasteiger charge is 2.23. The maximum atomic E-state index is 12.1. The smallest absolute Gasteiger partial charge is 0.271 e. The van der Waals surface area contributed by atoms with Crippen molar-refractivity contribution in [3.05, 3.63) is 28.3 Å². The third kappa shape index (κ3) is 3.24. The van der Waals surface area contributed by atoms with Gasteiger partial charge in [-0.25, -0.2) is 13.1 Å². The number of non-ortho nitro benzene ring substituents is 1. The third-order valence-corrected chi connectivity index (χ3v) is 4.52. The molecule has 0 aliphatic carbocycles. The number of nitro groups is 1. The van der Waals surface area contributed by atoms with E-state index in [9.17, 15) is 18.5 Å². The largest absolute Gasteiger partial charge is 0.397 e. The van der Waals surface area contributed by atoms with Crippen LogP contribution in [0.3, 0.4) is 0 Å². The molecule has 1 saturated heterocycles. The highest BCUT2D eigenvalue weighted by atomic mass is 32.2. The number of sulfonamides is 1. The molecule has 1 atom stereocenters. The van der Waals surface area contributed by atoms with Crippen molar-refractivity contribution in [1.29, 1.82) is 0 Å². The summed E-state index contributed by atoms with van der Waals surface area (Å²) in [5.41, 5.74) is 5.17. The van der Waals surface area contributed by atoms with Crippen LogP contribution in [0.1, 0.15) is 12.8 Å². The lowest BCUT2D eigenvalue weighted by molar-refractivity contribution is -0.384. The van der Waals surface area contributed by atoms with Crippen LogP contribution in [0, 0.1) is 10.1 Å². The second-order valence-corrected chi connectivity index (χ2v) is 6.20. The molecule has 0 amide bonds. The minimum atomic E-state index is -3.80. The summed E-state index contributed by atoms with van der Waals surface area (Å²) >= 11 is 0. The summed E-state index contributed by atoms with van der Waals surface area (Å²) in [4.78, 5) is 9.78. The lowest BCUT2D eigenvalue weighted by Crippen LogP contribution is -2.32. The van der Waals surface area contributed by atoms with Crippen LogP contribution in [0.4, 0.5) is 11.4 Å². The molecular formula is C11H15N3O5S. The van der Waals surface area contributed by atoms with Crippen molar-refractivity contribution >= 4 is 21.4 Å². The molecule has 1 aromatic rings. The van der Waals surface area contributed by atoms with Gasteiger partial charge in [0.2, 0.25) is 10.0 Å². The molecule has 1 aromatic carbocycles. The zero-order chi connectivity index (χ0) is 14.8. The van der Waals surface area contributed by atoms with Crippen molar-refractivity contribution in [2.45, 2.75) is 23.8 Å². The average molecular weight is 301 g/mol. The van der Waals surface area contributed by atoms with E-state index in [1.807, 2.05) is 0 Å². The van der Waals surface area contributed by atoms with Crippen LogP contribution in [0.15, 0.2) is 23.1 Å². The van der Waals surface area contributed by atoms with Crippen LogP contribution >= 0.6 is 0 Å². The van der Waals surface area contributed by atoms with E-state index < -0.39 is 14.9 Å². The summed E-state index contributed by atoms with van der Waals surface area (Å²) in [7, 11) is -3.80. The first kappa shape index (κ1) is 14.7. The third-order valence-electron chi connectivity index (χ3n) is 3.02. The van der Waals surface area contributed by atoms with Crippen molar-refractivity contribution < 1.29 is 18.1 Å². The number of nitrogens with two attached hydrogens (primary N) is 1. The van der Waals surface area contributed by atoms with Gasteiger partial charge in [-0.2, -0.15) is 0 Å². The molecule has 2 rings (SSSR count). The molecule has 110 valence electrons. The second kappa shape index (κ2) is 5.73.